The van der Waals surface area contributed by atoms with E-state index in [1.54, 1.807) is 6.07 Å². The van der Waals surface area contributed by atoms with Gasteiger partial charge in [-0.2, -0.15) is 0 Å². The lowest BCUT2D eigenvalue weighted by atomic mass is 9.98. The number of rotatable bonds is 7. The molecular formula is C25H31NO5. The third-order valence-corrected chi connectivity index (χ3v) is 5.45. The van der Waals surface area contributed by atoms with Crippen LogP contribution in [0, 0.1) is 0 Å². The van der Waals surface area contributed by atoms with Crippen molar-refractivity contribution in [3.8, 4) is 5.75 Å². The Kier molecular flexibility index (Phi) is 7.55. The van der Waals surface area contributed by atoms with Crippen molar-refractivity contribution in [3.05, 3.63) is 65.2 Å². The first-order valence-corrected chi connectivity index (χ1v) is 10.8. The highest BCUT2D eigenvalue weighted by Crippen LogP contribution is 2.26. The fourth-order valence-corrected chi connectivity index (χ4v) is 3.81. The summed E-state index contributed by atoms with van der Waals surface area (Å²) < 4.78 is 5.75. The highest BCUT2D eigenvalue weighted by molar-refractivity contribution is 5.68. The minimum Gasteiger partial charge on any atom is -0.444 e. The van der Waals surface area contributed by atoms with Crippen LogP contribution in [0.15, 0.2) is 48.5 Å². The second-order valence-electron chi connectivity index (χ2n) is 8.66. The van der Waals surface area contributed by atoms with Crippen molar-refractivity contribution in [2.45, 2.75) is 70.9 Å². The third-order valence-electron chi connectivity index (χ3n) is 5.45. The van der Waals surface area contributed by atoms with Crippen LogP contribution < -0.4 is 10.2 Å². The van der Waals surface area contributed by atoms with Crippen LogP contribution in [-0.4, -0.2) is 23.7 Å². The lowest BCUT2D eigenvalue weighted by Gasteiger charge is -2.27. The molecule has 0 heterocycles. The SMILES string of the molecule is CC(=O)OOc1ccc2c(c1)CC(NC(=O)OC(C)(C)CCc1ccccc1)CCC2. The van der Waals surface area contributed by atoms with Gasteiger partial charge in [0.25, 0.3) is 0 Å². The summed E-state index contributed by atoms with van der Waals surface area (Å²) in [5, 5.41) is 3.04. The Balaban J connectivity index is 1.55. The zero-order valence-electron chi connectivity index (χ0n) is 18.5. The molecule has 0 radical (unpaired) electrons. The summed E-state index contributed by atoms with van der Waals surface area (Å²) in [5.74, 6) is -0.0358. The van der Waals surface area contributed by atoms with Crippen molar-refractivity contribution in [1.29, 1.82) is 0 Å². The zero-order valence-corrected chi connectivity index (χ0v) is 18.5. The molecule has 0 spiro atoms. The van der Waals surface area contributed by atoms with E-state index in [2.05, 4.69) is 22.3 Å². The molecule has 2 aromatic carbocycles. The monoisotopic (exact) mass is 425 g/mol. The number of ether oxygens (including phenoxy) is 1. The van der Waals surface area contributed by atoms with Crippen LogP contribution in [-0.2, 0) is 33.7 Å². The molecule has 0 saturated carbocycles. The lowest BCUT2D eigenvalue weighted by Crippen LogP contribution is -2.41. The fourth-order valence-electron chi connectivity index (χ4n) is 3.81. The highest BCUT2D eigenvalue weighted by atomic mass is 17.2. The molecule has 166 valence electrons. The quantitative estimate of drug-likeness (QED) is 0.387. The summed E-state index contributed by atoms with van der Waals surface area (Å²) in [5.41, 5.74) is 2.96. The minimum absolute atomic E-state index is 0.0253. The molecule has 1 amide bonds. The molecule has 1 atom stereocenters. The summed E-state index contributed by atoms with van der Waals surface area (Å²) in [6.07, 6.45) is 4.65. The van der Waals surface area contributed by atoms with Crippen molar-refractivity contribution in [3.63, 3.8) is 0 Å². The molecule has 0 aliphatic heterocycles. The first kappa shape index (κ1) is 22.7. The predicted octanol–water partition coefficient (Wildman–Crippen LogP) is 4.93. The maximum Gasteiger partial charge on any atom is 0.407 e. The topological polar surface area (TPSA) is 73.9 Å². The first-order valence-electron chi connectivity index (χ1n) is 10.8. The normalized spacial score (nSPS) is 15.9. The van der Waals surface area contributed by atoms with Crippen LogP contribution in [0.25, 0.3) is 0 Å². The summed E-state index contributed by atoms with van der Waals surface area (Å²) in [6.45, 7) is 5.17. The molecule has 1 aliphatic rings. The summed E-state index contributed by atoms with van der Waals surface area (Å²) >= 11 is 0. The van der Waals surface area contributed by atoms with E-state index in [4.69, 9.17) is 9.62 Å². The van der Waals surface area contributed by atoms with Crippen LogP contribution in [0.1, 0.15) is 56.7 Å². The number of aryl methyl sites for hydroxylation is 2. The molecule has 0 bridgehead atoms. The molecule has 2 aromatic rings. The van der Waals surface area contributed by atoms with Crippen molar-refractivity contribution >= 4 is 12.1 Å². The Hall–Kier alpha value is -3.02. The molecule has 31 heavy (non-hydrogen) atoms. The van der Waals surface area contributed by atoms with Gasteiger partial charge < -0.3 is 10.1 Å². The number of alkyl carbamates (subject to hydrolysis) is 1. The van der Waals surface area contributed by atoms with Gasteiger partial charge >= 0.3 is 12.1 Å². The average Bonchev–Trinajstić information content (AvgIpc) is 2.92. The van der Waals surface area contributed by atoms with Crippen molar-refractivity contribution < 1.29 is 24.1 Å². The van der Waals surface area contributed by atoms with Gasteiger partial charge in [-0.25, -0.2) is 9.59 Å². The molecular weight excluding hydrogens is 394 g/mol. The molecule has 3 rings (SSSR count). The van der Waals surface area contributed by atoms with Gasteiger partial charge in [0, 0.05) is 13.0 Å². The second kappa shape index (κ2) is 10.3. The van der Waals surface area contributed by atoms with Crippen LogP contribution >= 0.6 is 0 Å². The third kappa shape index (κ3) is 7.31. The fraction of sp³-hybridized carbons (Fsp3) is 0.440. The largest absolute Gasteiger partial charge is 0.444 e. The van der Waals surface area contributed by atoms with Crippen LogP contribution in [0.5, 0.6) is 5.75 Å². The number of benzene rings is 2. The van der Waals surface area contributed by atoms with E-state index in [1.807, 2.05) is 44.2 Å². The minimum atomic E-state index is -0.562. The van der Waals surface area contributed by atoms with Gasteiger partial charge in [-0.3, -0.25) is 9.78 Å². The summed E-state index contributed by atoms with van der Waals surface area (Å²) in [7, 11) is 0. The highest BCUT2D eigenvalue weighted by Gasteiger charge is 2.25. The Morgan fingerprint density at radius 2 is 1.87 bits per heavy atom. The zero-order chi connectivity index (χ0) is 22.3. The van der Waals surface area contributed by atoms with Crippen LogP contribution in [0.3, 0.4) is 0 Å². The van der Waals surface area contributed by atoms with E-state index in [0.717, 1.165) is 37.7 Å². The maximum absolute atomic E-state index is 12.6. The first-order chi connectivity index (χ1) is 14.8. The Morgan fingerprint density at radius 3 is 2.61 bits per heavy atom. The van der Waals surface area contributed by atoms with Crippen LogP contribution in [0.2, 0.25) is 0 Å². The molecule has 1 unspecified atom stereocenters. The van der Waals surface area contributed by atoms with E-state index >= 15 is 0 Å². The van der Waals surface area contributed by atoms with Gasteiger partial charge in [0.05, 0.1) is 0 Å². The Morgan fingerprint density at radius 1 is 1.10 bits per heavy atom. The molecule has 0 saturated heterocycles. The van der Waals surface area contributed by atoms with Crippen molar-refractivity contribution in [1.82, 2.24) is 5.32 Å². The van der Waals surface area contributed by atoms with Crippen molar-refractivity contribution in [2.75, 3.05) is 0 Å². The summed E-state index contributed by atoms with van der Waals surface area (Å²) in [4.78, 5) is 33.2. The maximum atomic E-state index is 12.6. The van der Waals surface area contributed by atoms with E-state index in [-0.39, 0.29) is 12.1 Å². The molecule has 6 nitrogen and oxygen atoms in total. The number of hydrogen-bond donors (Lipinski definition) is 1. The number of carbonyl (C=O) groups is 2. The molecule has 1 N–H and O–H groups in total. The molecule has 1 aliphatic carbocycles. The smallest absolute Gasteiger partial charge is 0.407 e. The van der Waals surface area contributed by atoms with Crippen molar-refractivity contribution in [2.24, 2.45) is 0 Å². The number of fused-ring (bicyclic) bond motifs is 1. The van der Waals surface area contributed by atoms with Gasteiger partial charge in [-0.15, -0.1) is 0 Å². The molecule has 0 fully saturated rings. The van der Waals surface area contributed by atoms with E-state index in [9.17, 15) is 9.59 Å². The summed E-state index contributed by atoms with van der Waals surface area (Å²) in [6, 6.07) is 15.8. The van der Waals surface area contributed by atoms with Gasteiger partial charge in [0.15, 0.2) is 5.75 Å². The molecule has 0 aromatic heterocycles. The van der Waals surface area contributed by atoms with E-state index < -0.39 is 11.6 Å². The molecule has 6 heteroatoms. The van der Waals surface area contributed by atoms with Gasteiger partial charge in [0.1, 0.15) is 5.60 Å². The number of amides is 1. The number of nitrogens with one attached hydrogen (secondary N) is 1. The van der Waals surface area contributed by atoms with E-state index in [1.165, 1.54) is 18.1 Å². The Bertz CT molecular complexity index is 894. The lowest BCUT2D eigenvalue weighted by molar-refractivity contribution is -0.210. The number of hydrogen-bond acceptors (Lipinski definition) is 5. The predicted molar refractivity (Wildman–Crippen MR) is 118 cm³/mol. The second-order valence-corrected chi connectivity index (χ2v) is 8.66. The van der Waals surface area contributed by atoms with Crippen LogP contribution in [0.4, 0.5) is 4.79 Å². The Labute approximate surface area is 183 Å². The number of carbonyl (C=O) groups excluding carboxylic acids is 2. The standard InChI is InChI=1S/C25H31NO5/c1-18(27)30-31-23-13-12-20-10-7-11-22(16-21(20)17-23)26-24(28)29-25(2,3)15-14-19-8-5-4-6-9-19/h4-6,8-9,12-13,17,22H,7,10-11,14-16H2,1-3H3,(H,26,28). The van der Waals surface area contributed by atoms with Gasteiger partial charge in [-0.1, -0.05) is 36.4 Å². The van der Waals surface area contributed by atoms with Gasteiger partial charge in [0.2, 0.25) is 0 Å². The average molecular weight is 426 g/mol. The van der Waals surface area contributed by atoms with Gasteiger partial charge in [-0.05, 0) is 81.2 Å². The van der Waals surface area contributed by atoms with E-state index in [0.29, 0.717) is 12.2 Å².